The van der Waals surface area contributed by atoms with Crippen LogP contribution in [0.15, 0.2) is 42.5 Å². The largest absolute Gasteiger partial charge is 0.483 e. The molecular formula is C23H27N2O7PS2. The highest BCUT2D eigenvalue weighted by molar-refractivity contribution is 8.67. The molecule has 188 valence electrons. The minimum Gasteiger partial charge on any atom is -0.483 e. The molecule has 0 spiro atoms. The molecule has 0 aromatic heterocycles. The summed E-state index contributed by atoms with van der Waals surface area (Å²) in [4.78, 5) is 36.5. The summed E-state index contributed by atoms with van der Waals surface area (Å²) >= 11 is 6.35. The molecule has 0 saturated carbocycles. The summed E-state index contributed by atoms with van der Waals surface area (Å²) in [5.41, 5.74) is -0.780. The number of nitrogens with zero attached hydrogens (tertiary/aromatic N) is 1. The smallest absolute Gasteiger partial charge is 0.412 e. The molecule has 3 amide bonds. The van der Waals surface area contributed by atoms with Crippen LogP contribution in [-0.2, 0) is 27.3 Å². The number of carbonyl (C=O) groups excluding carboxylic acids is 3. The van der Waals surface area contributed by atoms with E-state index in [0.717, 1.165) is 28.3 Å². The number of ether oxygens (including phenoxy) is 2. The number of fused-ring (bicyclic) bond motifs is 2. The molecule has 2 heterocycles. The first-order chi connectivity index (χ1) is 16.5. The topological polar surface area (TPSA) is 103 Å². The summed E-state index contributed by atoms with van der Waals surface area (Å²) in [6, 6.07) is 12.3. The normalized spacial score (nSPS) is 15.5. The number of imide groups is 1. The van der Waals surface area contributed by atoms with Crippen molar-refractivity contribution in [2.45, 2.75) is 25.9 Å². The fourth-order valence-corrected chi connectivity index (χ4v) is 6.16. The Morgan fingerprint density at radius 3 is 2.26 bits per heavy atom. The molecule has 2 aliphatic rings. The maximum Gasteiger partial charge on any atom is 0.412 e. The maximum atomic E-state index is 12.1. The van der Waals surface area contributed by atoms with Gasteiger partial charge in [0.15, 0.2) is 11.5 Å². The van der Waals surface area contributed by atoms with Crippen LogP contribution in [-0.4, -0.2) is 55.6 Å². The summed E-state index contributed by atoms with van der Waals surface area (Å²) < 4.78 is 21.1. The molecule has 0 atom stereocenters. The minimum atomic E-state index is -2.48. The number of hydrogen-bond acceptors (Lipinski definition) is 9. The molecule has 2 aromatic rings. The summed E-state index contributed by atoms with van der Waals surface area (Å²) in [5, 5.41) is 2.41. The molecule has 0 fully saturated rings. The monoisotopic (exact) mass is 538 g/mol. The number of nitrogens with one attached hydrogen (secondary N) is 1. The second kappa shape index (κ2) is 11.1. The van der Waals surface area contributed by atoms with Gasteiger partial charge in [0.1, 0.15) is 5.60 Å². The molecule has 0 unspecified atom stereocenters. The zero-order valence-electron chi connectivity index (χ0n) is 20.0. The van der Waals surface area contributed by atoms with Crippen molar-refractivity contribution in [2.75, 3.05) is 27.1 Å². The van der Waals surface area contributed by atoms with Gasteiger partial charge in [-0.3, -0.25) is 14.5 Å². The number of amides is 3. The molecular weight excluding hydrogens is 511 g/mol. The third-order valence-corrected chi connectivity index (χ3v) is 10.7. The second-order valence-corrected chi connectivity index (χ2v) is 14.6. The third kappa shape index (κ3) is 6.23. The maximum absolute atomic E-state index is 12.1. The van der Waals surface area contributed by atoms with Gasteiger partial charge in [0, 0.05) is 33.3 Å². The molecule has 12 heteroatoms. The first-order valence-electron chi connectivity index (χ1n) is 10.6. The van der Waals surface area contributed by atoms with Crippen LogP contribution in [0.1, 0.15) is 40.1 Å². The second-order valence-electron chi connectivity index (χ2n) is 8.08. The molecule has 0 aliphatic carbocycles. The van der Waals surface area contributed by atoms with Gasteiger partial charge in [-0.1, -0.05) is 24.3 Å². The predicted octanol–water partition coefficient (Wildman–Crippen LogP) is 4.61. The molecule has 4 rings (SSSR count). The zero-order valence-corrected chi connectivity index (χ0v) is 22.6. The van der Waals surface area contributed by atoms with E-state index in [9.17, 15) is 14.4 Å². The fourth-order valence-electron chi connectivity index (χ4n) is 3.48. The highest BCUT2D eigenvalue weighted by Crippen LogP contribution is 2.60. The molecule has 0 bridgehead atoms. The van der Waals surface area contributed by atoms with Gasteiger partial charge >= 0.3 is 6.09 Å². The number of para-hydroxylation sites is 1. The van der Waals surface area contributed by atoms with Crippen LogP contribution < -0.4 is 14.8 Å². The number of hydrogen-bond donors (Lipinski definition) is 1. The summed E-state index contributed by atoms with van der Waals surface area (Å²) in [5.74, 6) is 0.674. The van der Waals surface area contributed by atoms with Gasteiger partial charge < -0.3 is 23.8 Å². The standard InChI is InChI=1S/C12H15NO3.C11H12NO4PS2/c1-12(2)7-8-5-4-6-9(10(8)16-12)15-11(14)13-3;1-15-17(18,16-2)19-7-12-10(13)8-5-3-4-6-9(8)11(12)14/h4-6H,7H2,1-3H3,(H,13,14);3-6H,7H2,1-2H3. The quantitative estimate of drug-likeness (QED) is 0.417. The zero-order chi connectivity index (χ0) is 25.8. The van der Waals surface area contributed by atoms with Crippen molar-refractivity contribution in [3.05, 3.63) is 59.2 Å². The first-order valence-corrected chi connectivity index (χ1v) is 14.8. The van der Waals surface area contributed by atoms with Crippen LogP contribution in [0.3, 0.4) is 0 Å². The van der Waals surface area contributed by atoms with Crippen LogP contribution >= 0.6 is 17.1 Å². The van der Waals surface area contributed by atoms with E-state index in [1.165, 1.54) is 21.3 Å². The summed E-state index contributed by atoms with van der Waals surface area (Å²) in [7, 11) is 4.44. The molecule has 35 heavy (non-hydrogen) atoms. The highest BCUT2D eigenvalue weighted by Gasteiger charge is 2.36. The van der Waals surface area contributed by atoms with Crippen LogP contribution in [0.2, 0.25) is 0 Å². The van der Waals surface area contributed by atoms with E-state index in [0.29, 0.717) is 22.6 Å². The summed E-state index contributed by atoms with van der Waals surface area (Å²) in [6.45, 7) is 4.02. The van der Waals surface area contributed by atoms with Crippen molar-refractivity contribution in [1.29, 1.82) is 0 Å². The minimum absolute atomic E-state index is 0.130. The summed E-state index contributed by atoms with van der Waals surface area (Å²) in [6.07, 6.45) is 0.342. The molecule has 1 N–H and O–H groups in total. The van der Waals surface area contributed by atoms with Crippen LogP contribution in [0.25, 0.3) is 0 Å². The van der Waals surface area contributed by atoms with E-state index >= 15 is 0 Å². The molecule has 0 saturated heterocycles. The van der Waals surface area contributed by atoms with Crippen molar-refractivity contribution in [3.63, 3.8) is 0 Å². The van der Waals surface area contributed by atoms with E-state index in [1.807, 2.05) is 26.0 Å². The first kappa shape index (κ1) is 27.2. The van der Waals surface area contributed by atoms with E-state index < -0.39 is 11.8 Å². The van der Waals surface area contributed by atoms with E-state index in [1.54, 1.807) is 30.3 Å². The average Bonchev–Trinajstić information content (AvgIpc) is 3.30. The Morgan fingerprint density at radius 1 is 1.11 bits per heavy atom. The molecule has 2 aromatic carbocycles. The molecule has 2 aliphatic heterocycles. The fraction of sp³-hybridized carbons (Fsp3) is 0.348. The van der Waals surface area contributed by atoms with Gasteiger partial charge in [-0.05, 0) is 55.2 Å². The Labute approximate surface area is 213 Å². The van der Waals surface area contributed by atoms with Gasteiger partial charge in [0.25, 0.3) is 11.8 Å². The lowest BCUT2D eigenvalue weighted by Gasteiger charge is -2.20. The van der Waals surface area contributed by atoms with Crippen molar-refractivity contribution < 1.29 is 32.9 Å². The third-order valence-electron chi connectivity index (χ3n) is 5.13. The number of rotatable bonds is 6. The molecule has 9 nitrogen and oxygen atoms in total. The van der Waals surface area contributed by atoms with Gasteiger partial charge in [-0.25, -0.2) is 4.79 Å². The van der Waals surface area contributed by atoms with Crippen molar-refractivity contribution >= 4 is 46.8 Å². The Bertz CT molecular complexity index is 1150. The number of carbonyl (C=O) groups is 3. The Balaban J connectivity index is 0.000000198. The van der Waals surface area contributed by atoms with Gasteiger partial charge in [0.2, 0.25) is 5.69 Å². The van der Waals surface area contributed by atoms with Crippen molar-refractivity contribution in [2.24, 2.45) is 0 Å². The van der Waals surface area contributed by atoms with Crippen LogP contribution in [0.5, 0.6) is 11.5 Å². The van der Waals surface area contributed by atoms with E-state index in [-0.39, 0.29) is 23.3 Å². The Morgan fingerprint density at radius 2 is 1.71 bits per heavy atom. The SMILES string of the molecule is CNC(=O)Oc1cccc2c1OC(C)(C)C2.COP(=S)(OC)SCN1C(=O)c2ccccc2C1=O. The highest BCUT2D eigenvalue weighted by atomic mass is 32.9. The Hall–Kier alpha value is -2.43. The number of benzene rings is 2. The lowest BCUT2D eigenvalue weighted by Crippen LogP contribution is -2.29. The van der Waals surface area contributed by atoms with Gasteiger partial charge in [0.05, 0.1) is 17.0 Å². The van der Waals surface area contributed by atoms with Crippen LogP contribution in [0, 0.1) is 0 Å². The Kier molecular flexibility index (Phi) is 8.61. The lowest BCUT2D eigenvalue weighted by atomic mass is 10.0. The van der Waals surface area contributed by atoms with Crippen molar-refractivity contribution in [3.8, 4) is 11.5 Å². The molecule has 0 radical (unpaired) electrons. The van der Waals surface area contributed by atoms with Crippen molar-refractivity contribution in [1.82, 2.24) is 10.2 Å². The van der Waals surface area contributed by atoms with Gasteiger partial charge in [-0.15, -0.1) is 0 Å². The lowest BCUT2D eigenvalue weighted by molar-refractivity contribution is 0.0684. The van der Waals surface area contributed by atoms with Crippen LogP contribution in [0.4, 0.5) is 4.79 Å². The van der Waals surface area contributed by atoms with E-state index in [4.69, 9.17) is 30.3 Å². The van der Waals surface area contributed by atoms with Gasteiger partial charge in [-0.2, -0.15) is 0 Å². The predicted molar refractivity (Wildman–Crippen MR) is 138 cm³/mol. The van der Waals surface area contributed by atoms with E-state index in [2.05, 4.69) is 5.32 Å². The average molecular weight is 539 g/mol.